The molecule has 0 aliphatic heterocycles. The minimum atomic E-state index is -0.438. The van der Waals surface area contributed by atoms with E-state index in [1.54, 1.807) is 12.1 Å². The third-order valence-electron chi connectivity index (χ3n) is 2.96. The molecular weight excluding hydrogens is 271 g/mol. The number of unbranched alkanes of at least 4 members (excludes halogenated alkanes) is 1. The van der Waals surface area contributed by atoms with Gasteiger partial charge in [-0.1, -0.05) is 26.3 Å². The minimum absolute atomic E-state index is 0.111. The molecule has 2 N–H and O–H groups in total. The highest BCUT2D eigenvalue weighted by Crippen LogP contribution is 2.18. The largest absolute Gasteiger partial charge is 0.481 e. The highest BCUT2D eigenvalue weighted by atomic mass is 19.1. The van der Waals surface area contributed by atoms with Gasteiger partial charge in [0.15, 0.2) is 18.2 Å². The van der Waals surface area contributed by atoms with E-state index in [2.05, 4.69) is 24.5 Å². The normalized spacial score (nSPS) is 10.4. The lowest BCUT2D eigenvalue weighted by Crippen LogP contribution is -2.29. The first-order chi connectivity index (χ1) is 10.2. The highest BCUT2D eigenvalue weighted by Gasteiger charge is 2.07. The van der Waals surface area contributed by atoms with Crippen LogP contribution in [0.3, 0.4) is 0 Å². The predicted octanol–water partition coefficient (Wildman–Crippen LogP) is 2.62. The molecule has 0 saturated carbocycles. The summed E-state index contributed by atoms with van der Waals surface area (Å²) in [6.07, 6.45) is 2.99. The second kappa shape index (κ2) is 10.2. The molecule has 0 aliphatic rings. The molecule has 0 bridgehead atoms. The third kappa shape index (κ3) is 7.09. The summed E-state index contributed by atoms with van der Waals surface area (Å²) in [5.41, 5.74) is 0.862. The molecule has 0 saturated heterocycles. The Hall–Kier alpha value is -1.62. The van der Waals surface area contributed by atoms with Crippen molar-refractivity contribution < 1.29 is 13.9 Å². The summed E-state index contributed by atoms with van der Waals surface area (Å²) in [5, 5.41) is 5.93. The number of nitrogens with one attached hydrogen (secondary N) is 2. The summed E-state index contributed by atoms with van der Waals surface area (Å²) in [5.74, 6) is -0.552. The van der Waals surface area contributed by atoms with Crippen LogP contribution < -0.4 is 15.4 Å². The van der Waals surface area contributed by atoms with Crippen molar-refractivity contribution in [3.8, 4) is 5.75 Å². The second-order valence-corrected chi connectivity index (χ2v) is 4.93. The number of ether oxygens (including phenoxy) is 1. The molecule has 0 aromatic heterocycles. The van der Waals surface area contributed by atoms with E-state index in [1.807, 2.05) is 0 Å². The molecular formula is C16H25FN2O2. The summed E-state index contributed by atoms with van der Waals surface area (Å²) in [7, 11) is 0. The van der Waals surface area contributed by atoms with Gasteiger partial charge in [-0.15, -0.1) is 0 Å². The fourth-order valence-electron chi connectivity index (χ4n) is 1.78. The van der Waals surface area contributed by atoms with Gasteiger partial charge >= 0.3 is 0 Å². The molecule has 118 valence electrons. The van der Waals surface area contributed by atoms with Gasteiger partial charge in [0.1, 0.15) is 0 Å². The molecule has 0 spiro atoms. The van der Waals surface area contributed by atoms with Crippen LogP contribution >= 0.6 is 0 Å². The molecule has 0 aliphatic carbocycles. The zero-order chi connectivity index (χ0) is 15.5. The van der Waals surface area contributed by atoms with Crippen molar-refractivity contribution in [3.05, 3.63) is 29.6 Å². The Bertz CT molecular complexity index is 438. The summed E-state index contributed by atoms with van der Waals surface area (Å²) in [6, 6.07) is 4.81. The molecule has 4 nitrogen and oxygen atoms in total. The minimum Gasteiger partial charge on any atom is -0.481 e. The third-order valence-corrected chi connectivity index (χ3v) is 2.96. The fourth-order valence-corrected chi connectivity index (χ4v) is 1.78. The van der Waals surface area contributed by atoms with Crippen LogP contribution in [0.15, 0.2) is 18.2 Å². The maximum absolute atomic E-state index is 13.8. The van der Waals surface area contributed by atoms with Crippen LogP contribution in [-0.4, -0.2) is 25.6 Å². The van der Waals surface area contributed by atoms with Crippen molar-refractivity contribution in [2.75, 3.05) is 19.7 Å². The van der Waals surface area contributed by atoms with Gasteiger partial charge in [-0.2, -0.15) is 0 Å². The fraction of sp³-hybridized carbons (Fsp3) is 0.562. The molecule has 5 heteroatoms. The number of hydrogen-bond acceptors (Lipinski definition) is 3. The van der Waals surface area contributed by atoms with Crippen LogP contribution in [0.1, 0.15) is 38.7 Å². The van der Waals surface area contributed by atoms with E-state index in [9.17, 15) is 9.18 Å². The Labute approximate surface area is 126 Å². The molecule has 1 aromatic carbocycles. The SMILES string of the molecule is CCCCNC(=O)COc1ccc(CNCCC)cc1F. The van der Waals surface area contributed by atoms with E-state index in [-0.39, 0.29) is 18.3 Å². The van der Waals surface area contributed by atoms with Crippen molar-refractivity contribution in [1.82, 2.24) is 10.6 Å². The Morgan fingerprint density at radius 2 is 2.05 bits per heavy atom. The zero-order valence-corrected chi connectivity index (χ0v) is 12.9. The molecule has 1 rings (SSSR count). The maximum Gasteiger partial charge on any atom is 0.257 e. The quantitative estimate of drug-likeness (QED) is 0.653. The van der Waals surface area contributed by atoms with E-state index < -0.39 is 5.82 Å². The Morgan fingerprint density at radius 1 is 1.24 bits per heavy atom. The molecule has 0 unspecified atom stereocenters. The summed E-state index contributed by atoms with van der Waals surface area (Å²) in [4.78, 5) is 11.5. The van der Waals surface area contributed by atoms with Gasteiger partial charge in [-0.25, -0.2) is 4.39 Å². The first-order valence-corrected chi connectivity index (χ1v) is 7.56. The average molecular weight is 296 g/mol. The topological polar surface area (TPSA) is 50.4 Å². The van der Waals surface area contributed by atoms with Gasteiger partial charge in [0.05, 0.1) is 0 Å². The van der Waals surface area contributed by atoms with Gasteiger partial charge in [-0.3, -0.25) is 4.79 Å². The van der Waals surface area contributed by atoms with Gasteiger partial charge in [0, 0.05) is 13.1 Å². The van der Waals surface area contributed by atoms with Crippen LogP contribution in [0.2, 0.25) is 0 Å². The maximum atomic E-state index is 13.8. The first kappa shape index (κ1) is 17.4. The molecule has 0 radical (unpaired) electrons. The monoisotopic (exact) mass is 296 g/mol. The molecule has 1 aromatic rings. The smallest absolute Gasteiger partial charge is 0.257 e. The van der Waals surface area contributed by atoms with E-state index in [0.717, 1.165) is 31.4 Å². The van der Waals surface area contributed by atoms with Crippen LogP contribution in [-0.2, 0) is 11.3 Å². The van der Waals surface area contributed by atoms with Gasteiger partial charge in [0.2, 0.25) is 0 Å². The number of halogens is 1. The van der Waals surface area contributed by atoms with Crippen LogP contribution in [0.25, 0.3) is 0 Å². The Morgan fingerprint density at radius 3 is 2.71 bits per heavy atom. The van der Waals surface area contributed by atoms with Crippen LogP contribution in [0.4, 0.5) is 4.39 Å². The summed E-state index contributed by atoms with van der Waals surface area (Å²) >= 11 is 0. The number of rotatable bonds is 10. The lowest BCUT2D eigenvalue weighted by atomic mass is 10.2. The standard InChI is InChI=1S/C16H25FN2O2/c1-3-5-9-19-16(20)12-21-15-7-6-13(10-14(15)17)11-18-8-4-2/h6-7,10,18H,3-5,8-9,11-12H2,1-2H3,(H,19,20). The van der Waals surface area contributed by atoms with Crippen LogP contribution in [0.5, 0.6) is 5.75 Å². The number of carbonyl (C=O) groups is 1. The number of benzene rings is 1. The predicted molar refractivity (Wildman–Crippen MR) is 81.8 cm³/mol. The Kier molecular flexibility index (Phi) is 8.43. The van der Waals surface area contributed by atoms with Crippen LogP contribution in [0, 0.1) is 5.82 Å². The van der Waals surface area contributed by atoms with Gasteiger partial charge in [-0.05, 0) is 37.1 Å². The van der Waals surface area contributed by atoms with E-state index in [4.69, 9.17) is 4.74 Å². The van der Waals surface area contributed by atoms with Gasteiger partial charge in [0.25, 0.3) is 5.91 Å². The lowest BCUT2D eigenvalue weighted by molar-refractivity contribution is -0.123. The van der Waals surface area contributed by atoms with Gasteiger partial charge < -0.3 is 15.4 Å². The number of amides is 1. The van der Waals surface area contributed by atoms with Crippen molar-refractivity contribution in [2.24, 2.45) is 0 Å². The van der Waals surface area contributed by atoms with E-state index in [1.165, 1.54) is 6.07 Å². The van der Waals surface area contributed by atoms with E-state index >= 15 is 0 Å². The number of hydrogen-bond donors (Lipinski definition) is 2. The van der Waals surface area contributed by atoms with E-state index in [0.29, 0.717) is 13.1 Å². The second-order valence-electron chi connectivity index (χ2n) is 4.93. The molecule has 0 fully saturated rings. The summed E-state index contributed by atoms with van der Waals surface area (Å²) in [6.45, 7) is 6.13. The van der Waals surface area contributed by atoms with Crippen molar-refractivity contribution in [3.63, 3.8) is 0 Å². The van der Waals surface area contributed by atoms with Crippen molar-refractivity contribution in [1.29, 1.82) is 0 Å². The lowest BCUT2D eigenvalue weighted by Gasteiger charge is -2.09. The average Bonchev–Trinajstić information content (AvgIpc) is 2.47. The summed E-state index contributed by atoms with van der Waals surface area (Å²) < 4.78 is 19.0. The highest BCUT2D eigenvalue weighted by molar-refractivity contribution is 5.77. The van der Waals surface area contributed by atoms with Crippen molar-refractivity contribution >= 4 is 5.91 Å². The van der Waals surface area contributed by atoms with Crippen molar-refractivity contribution in [2.45, 2.75) is 39.7 Å². The molecule has 0 atom stereocenters. The molecule has 21 heavy (non-hydrogen) atoms. The molecule has 0 heterocycles. The number of carbonyl (C=O) groups excluding carboxylic acids is 1. The molecule has 1 amide bonds. The zero-order valence-electron chi connectivity index (χ0n) is 12.9. The Balaban J connectivity index is 2.39. The first-order valence-electron chi connectivity index (χ1n) is 7.56.